The number of carbonyl (C=O) groups is 1. The molecule has 0 aromatic heterocycles. The van der Waals surface area contributed by atoms with Gasteiger partial charge in [-0.15, -0.1) is 11.6 Å². The topological polar surface area (TPSA) is 29.1 Å². The first-order valence-corrected chi connectivity index (χ1v) is 7.77. The van der Waals surface area contributed by atoms with Crippen LogP contribution in [0, 0.1) is 5.82 Å². The van der Waals surface area contributed by atoms with Gasteiger partial charge in [-0.2, -0.15) is 0 Å². The van der Waals surface area contributed by atoms with Crippen molar-refractivity contribution in [2.75, 3.05) is 5.32 Å². The smallest absolute Gasteiger partial charge is 0.228 e. The van der Waals surface area contributed by atoms with Crippen molar-refractivity contribution in [3.8, 4) is 0 Å². The summed E-state index contributed by atoms with van der Waals surface area (Å²) in [6.07, 6.45) is 0.313. The maximum atomic E-state index is 13.2. The molecule has 21 heavy (non-hydrogen) atoms. The van der Waals surface area contributed by atoms with Gasteiger partial charge in [-0.3, -0.25) is 4.79 Å². The van der Waals surface area contributed by atoms with Gasteiger partial charge in [0.2, 0.25) is 5.91 Å². The molecule has 0 saturated heterocycles. The van der Waals surface area contributed by atoms with Crippen LogP contribution in [0.4, 0.5) is 10.1 Å². The van der Waals surface area contributed by atoms with Gasteiger partial charge in [-0.1, -0.05) is 33.6 Å². The number of fused-ring (bicyclic) bond motifs is 1. The number of halogens is 4. The molecule has 2 aromatic carbocycles. The Kier molecular flexibility index (Phi) is 3.95. The van der Waals surface area contributed by atoms with Crippen LogP contribution >= 0.6 is 39.1 Å². The van der Waals surface area contributed by atoms with E-state index in [1.54, 1.807) is 12.1 Å². The molecule has 1 aliphatic rings. The van der Waals surface area contributed by atoms with Gasteiger partial charge < -0.3 is 5.32 Å². The number of carbonyl (C=O) groups excluding carboxylic acids is 1. The Morgan fingerprint density at radius 1 is 1.24 bits per heavy atom. The Labute approximate surface area is 139 Å². The summed E-state index contributed by atoms with van der Waals surface area (Å²) in [6.45, 7) is 0. The molecule has 1 atom stereocenters. The van der Waals surface area contributed by atoms with E-state index in [-0.39, 0.29) is 11.7 Å². The highest BCUT2D eigenvalue weighted by Crippen LogP contribution is 2.40. The van der Waals surface area contributed by atoms with Crippen molar-refractivity contribution in [2.45, 2.75) is 11.8 Å². The molecule has 0 spiro atoms. The zero-order valence-corrected chi connectivity index (χ0v) is 13.7. The minimum Gasteiger partial charge on any atom is -0.325 e. The molecular formula is C15H9BrCl2FNO. The number of hydrogen-bond acceptors (Lipinski definition) is 1. The van der Waals surface area contributed by atoms with Gasteiger partial charge >= 0.3 is 0 Å². The highest BCUT2D eigenvalue weighted by Gasteiger charge is 2.23. The quantitative estimate of drug-likeness (QED) is 0.715. The normalized spacial score (nSPS) is 14.8. The standard InChI is InChI=1S/C15H9BrCl2FNO/c16-11-5-8(19)1-2-9(11)15(18)10-3-7-4-14(21)20-13(7)6-12(10)17/h1-3,5-6,15H,4H2,(H,20,21). The summed E-state index contributed by atoms with van der Waals surface area (Å²) in [7, 11) is 0. The first kappa shape index (κ1) is 14.8. The maximum Gasteiger partial charge on any atom is 0.228 e. The first-order valence-electron chi connectivity index (χ1n) is 6.17. The molecule has 0 fully saturated rings. The van der Waals surface area contributed by atoms with Crippen LogP contribution in [-0.2, 0) is 11.2 Å². The van der Waals surface area contributed by atoms with Crippen molar-refractivity contribution in [3.63, 3.8) is 0 Å². The first-order chi connectivity index (χ1) is 9.95. The van der Waals surface area contributed by atoms with Crippen molar-refractivity contribution < 1.29 is 9.18 Å². The van der Waals surface area contributed by atoms with Gasteiger partial charge in [0, 0.05) is 15.2 Å². The van der Waals surface area contributed by atoms with E-state index >= 15 is 0 Å². The van der Waals surface area contributed by atoms with Crippen molar-refractivity contribution in [1.29, 1.82) is 0 Å². The van der Waals surface area contributed by atoms with Crippen LogP contribution in [0.5, 0.6) is 0 Å². The number of alkyl halides is 1. The van der Waals surface area contributed by atoms with Crippen molar-refractivity contribution in [3.05, 3.63) is 62.3 Å². The van der Waals surface area contributed by atoms with Gasteiger partial charge in [-0.05, 0) is 41.0 Å². The van der Waals surface area contributed by atoms with E-state index in [0.29, 0.717) is 21.5 Å². The molecule has 2 aromatic rings. The molecule has 3 rings (SSSR count). The third-order valence-corrected chi connectivity index (χ3v) is 4.84. The van der Waals surface area contributed by atoms with E-state index in [1.165, 1.54) is 12.1 Å². The largest absolute Gasteiger partial charge is 0.325 e. The predicted octanol–water partition coefficient (Wildman–Crippen LogP) is 5.06. The fraction of sp³-hybridized carbons (Fsp3) is 0.133. The monoisotopic (exact) mass is 387 g/mol. The summed E-state index contributed by atoms with van der Waals surface area (Å²) >= 11 is 16.1. The summed E-state index contributed by atoms with van der Waals surface area (Å²) < 4.78 is 13.7. The molecule has 6 heteroatoms. The SMILES string of the molecule is O=C1Cc2cc(C(Cl)c3ccc(F)cc3Br)c(Cl)cc2N1. The van der Waals surface area contributed by atoms with E-state index in [2.05, 4.69) is 21.2 Å². The Bertz CT molecular complexity index is 751. The highest BCUT2D eigenvalue weighted by atomic mass is 79.9. The lowest BCUT2D eigenvalue weighted by Crippen LogP contribution is -2.03. The lowest BCUT2D eigenvalue weighted by atomic mass is 10.0. The Morgan fingerprint density at radius 3 is 2.71 bits per heavy atom. The second-order valence-electron chi connectivity index (χ2n) is 4.78. The van der Waals surface area contributed by atoms with Crippen LogP contribution in [0.1, 0.15) is 22.1 Å². The summed E-state index contributed by atoms with van der Waals surface area (Å²) in [5.74, 6) is -0.406. The van der Waals surface area contributed by atoms with Crippen LogP contribution in [0.2, 0.25) is 5.02 Å². The molecule has 0 aliphatic carbocycles. The average Bonchev–Trinajstić information content (AvgIpc) is 2.76. The highest BCUT2D eigenvalue weighted by molar-refractivity contribution is 9.10. The molecule has 2 nitrogen and oxygen atoms in total. The number of amides is 1. The molecule has 1 N–H and O–H groups in total. The number of anilines is 1. The molecule has 108 valence electrons. The van der Waals surface area contributed by atoms with Crippen LogP contribution in [0.3, 0.4) is 0 Å². The molecule has 0 bridgehead atoms. The van der Waals surface area contributed by atoms with Gasteiger partial charge in [0.1, 0.15) is 5.82 Å². The number of benzene rings is 2. The van der Waals surface area contributed by atoms with Crippen molar-refractivity contribution >= 4 is 50.7 Å². The van der Waals surface area contributed by atoms with Crippen LogP contribution < -0.4 is 5.32 Å². The summed E-state index contributed by atoms with van der Waals surface area (Å²) in [6, 6.07) is 7.84. The predicted molar refractivity (Wildman–Crippen MR) is 85.6 cm³/mol. The van der Waals surface area contributed by atoms with Gasteiger partial charge in [-0.25, -0.2) is 4.39 Å². The molecule has 0 saturated carbocycles. The Balaban J connectivity index is 2.04. The van der Waals surface area contributed by atoms with E-state index in [4.69, 9.17) is 23.2 Å². The number of hydrogen-bond donors (Lipinski definition) is 1. The Hall–Kier alpha value is -1.10. The zero-order valence-electron chi connectivity index (χ0n) is 10.6. The molecule has 1 heterocycles. The van der Waals surface area contributed by atoms with Crippen molar-refractivity contribution in [1.82, 2.24) is 0 Å². The second-order valence-corrected chi connectivity index (χ2v) is 6.48. The lowest BCUT2D eigenvalue weighted by molar-refractivity contribution is -0.115. The van der Waals surface area contributed by atoms with E-state index in [1.807, 2.05) is 6.07 Å². The van der Waals surface area contributed by atoms with Gasteiger partial charge in [0.15, 0.2) is 0 Å². The third kappa shape index (κ3) is 2.80. The van der Waals surface area contributed by atoms with E-state index in [0.717, 1.165) is 16.8 Å². The van der Waals surface area contributed by atoms with Crippen LogP contribution in [0.15, 0.2) is 34.8 Å². The molecule has 0 radical (unpaired) electrons. The summed E-state index contributed by atoms with van der Waals surface area (Å²) in [5.41, 5.74) is 3.00. The average molecular weight is 389 g/mol. The third-order valence-electron chi connectivity index (χ3n) is 3.36. The van der Waals surface area contributed by atoms with Crippen LogP contribution in [0.25, 0.3) is 0 Å². The van der Waals surface area contributed by atoms with E-state index < -0.39 is 5.38 Å². The fourth-order valence-corrected chi connectivity index (χ4v) is 3.75. The minimum absolute atomic E-state index is 0.0627. The summed E-state index contributed by atoms with van der Waals surface area (Å²) in [4.78, 5) is 11.4. The van der Waals surface area contributed by atoms with Crippen LogP contribution in [-0.4, -0.2) is 5.91 Å². The number of nitrogens with one attached hydrogen (secondary N) is 1. The lowest BCUT2D eigenvalue weighted by Gasteiger charge is -2.15. The molecule has 1 aliphatic heterocycles. The fourth-order valence-electron chi connectivity index (χ4n) is 2.34. The van der Waals surface area contributed by atoms with Gasteiger partial charge in [0.25, 0.3) is 0 Å². The van der Waals surface area contributed by atoms with E-state index in [9.17, 15) is 9.18 Å². The molecule has 1 amide bonds. The zero-order chi connectivity index (χ0) is 15.1. The van der Waals surface area contributed by atoms with Crippen molar-refractivity contribution in [2.24, 2.45) is 0 Å². The molecular weight excluding hydrogens is 380 g/mol. The summed E-state index contributed by atoms with van der Waals surface area (Å²) in [5, 5.41) is 2.67. The maximum absolute atomic E-state index is 13.2. The number of rotatable bonds is 2. The second kappa shape index (κ2) is 5.59. The van der Waals surface area contributed by atoms with Gasteiger partial charge in [0.05, 0.1) is 11.8 Å². The minimum atomic E-state index is -0.534. The molecule has 1 unspecified atom stereocenters. The Morgan fingerprint density at radius 2 is 2.00 bits per heavy atom.